The van der Waals surface area contributed by atoms with Crippen LogP contribution >= 0.6 is 0 Å². The fourth-order valence-electron chi connectivity index (χ4n) is 3.50. The van der Waals surface area contributed by atoms with Crippen molar-refractivity contribution in [3.63, 3.8) is 0 Å². The van der Waals surface area contributed by atoms with Crippen LogP contribution < -0.4 is 15.2 Å². The number of ether oxygens (including phenoxy) is 4. The number of ketones is 1. The summed E-state index contributed by atoms with van der Waals surface area (Å²) in [5, 5.41) is 12.2. The van der Waals surface area contributed by atoms with E-state index in [0.29, 0.717) is 22.6 Å². The number of rotatable bonds is 11. The van der Waals surface area contributed by atoms with Gasteiger partial charge in [-0.15, -0.1) is 15.0 Å². The molecule has 12 nitrogen and oxygen atoms in total. The Balaban J connectivity index is 1.93. The second-order valence-electron chi connectivity index (χ2n) is 9.27. The van der Waals surface area contributed by atoms with Gasteiger partial charge in [0.05, 0.1) is 26.7 Å². The minimum absolute atomic E-state index is 0.0358. The summed E-state index contributed by atoms with van der Waals surface area (Å²) in [6.45, 7) is 4.96. The van der Waals surface area contributed by atoms with Crippen LogP contribution in [0.3, 0.4) is 0 Å². The van der Waals surface area contributed by atoms with Crippen molar-refractivity contribution in [3.8, 4) is 22.9 Å². The molecule has 0 spiro atoms. The Morgan fingerprint density at radius 3 is 2.18 bits per heavy atom. The second kappa shape index (κ2) is 12.3. The van der Waals surface area contributed by atoms with Crippen molar-refractivity contribution in [2.45, 2.75) is 51.5 Å². The molecule has 0 saturated heterocycles. The average molecular weight is 526 g/mol. The molecule has 2 unspecified atom stereocenters. The highest BCUT2D eigenvalue weighted by Gasteiger charge is 2.38. The standard InChI is InChI=1S/C26H31N5O7/c1-26(2,3)38-20(32)14-17(27)23(33)22(25(34)37-15-16-10-7-6-8-11-16)31-29-24(28-30-31)21-18(35-4)12-9-13-19(21)36-5/h6-13,17,22H,14-15,27H2,1-5H3. The second-order valence-corrected chi connectivity index (χ2v) is 9.27. The molecule has 12 heteroatoms. The van der Waals surface area contributed by atoms with Gasteiger partial charge in [0.1, 0.15) is 29.3 Å². The van der Waals surface area contributed by atoms with Crippen LogP contribution in [0.4, 0.5) is 0 Å². The van der Waals surface area contributed by atoms with Gasteiger partial charge in [-0.1, -0.05) is 36.4 Å². The zero-order valence-electron chi connectivity index (χ0n) is 21.9. The first-order valence-electron chi connectivity index (χ1n) is 11.8. The van der Waals surface area contributed by atoms with Crippen LogP contribution in [0.15, 0.2) is 48.5 Å². The van der Waals surface area contributed by atoms with Crippen molar-refractivity contribution in [3.05, 3.63) is 54.1 Å². The van der Waals surface area contributed by atoms with E-state index in [4.69, 9.17) is 24.7 Å². The molecule has 202 valence electrons. The third-order valence-corrected chi connectivity index (χ3v) is 5.20. The van der Waals surface area contributed by atoms with E-state index in [-0.39, 0.29) is 12.4 Å². The van der Waals surface area contributed by atoms with E-state index in [1.165, 1.54) is 14.2 Å². The molecule has 0 bridgehead atoms. The molecule has 0 aliphatic carbocycles. The molecule has 0 amide bonds. The molecule has 2 aromatic carbocycles. The highest BCUT2D eigenvalue weighted by atomic mass is 16.6. The summed E-state index contributed by atoms with van der Waals surface area (Å²) < 4.78 is 21.4. The molecule has 0 radical (unpaired) electrons. The number of aromatic nitrogens is 4. The van der Waals surface area contributed by atoms with E-state index in [9.17, 15) is 14.4 Å². The fraction of sp³-hybridized carbons (Fsp3) is 0.385. The predicted octanol–water partition coefficient (Wildman–Crippen LogP) is 2.27. The summed E-state index contributed by atoms with van der Waals surface area (Å²) in [5.41, 5.74) is 6.34. The number of esters is 2. The molecule has 3 rings (SSSR count). The number of Topliss-reactive ketones (excluding diaryl/α,β-unsaturated/α-hetero) is 1. The molecule has 0 saturated carbocycles. The maximum Gasteiger partial charge on any atom is 0.341 e. The topological polar surface area (TPSA) is 158 Å². The first kappa shape index (κ1) is 28.3. The monoisotopic (exact) mass is 525 g/mol. The van der Waals surface area contributed by atoms with Crippen LogP contribution in [-0.2, 0) is 30.5 Å². The van der Waals surface area contributed by atoms with Gasteiger partial charge in [0.2, 0.25) is 11.9 Å². The molecule has 2 N–H and O–H groups in total. The van der Waals surface area contributed by atoms with Crippen molar-refractivity contribution in [1.82, 2.24) is 20.2 Å². The van der Waals surface area contributed by atoms with Crippen LogP contribution in [-0.4, -0.2) is 63.8 Å². The van der Waals surface area contributed by atoms with Crippen molar-refractivity contribution in [2.24, 2.45) is 5.73 Å². The number of nitrogens with zero attached hydrogens (tertiary/aromatic N) is 4. The van der Waals surface area contributed by atoms with Gasteiger partial charge in [0, 0.05) is 0 Å². The highest BCUT2D eigenvalue weighted by molar-refractivity contribution is 6.04. The van der Waals surface area contributed by atoms with E-state index in [1.807, 2.05) is 6.07 Å². The molecule has 2 atom stereocenters. The van der Waals surface area contributed by atoms with Gasteiger partial charge in [-0.25, -0.2) is 4.79 Å². The Kier molecular flexibility index (Phi) is 9.13. The summed E-state index contributed by atoms with van der Waals surface area (Å²) in [4.78, 5) is 39.7. The molecule has 1 heterocycles. The van der Waals surface area contributed by atoms with Gasteiger partial charge in [-0.05, 0) is 43.7 Å². The quantitative estimate of drug-likeness (QED) is 0.289. The first-order chi connectivity index (χ1) is 18.0. The third kappa shape index (κ3) is 7.13. The zero-order valence-corrected chi connectivity index (χ0v) is 21.9. The Labute approximate surface area is 220 Å². The molecular weight excluding hydrogens is 494 g/mol. The van der Waals surface area contributed by atoms with Crippen molar-refractivity contribution < 1.29 is 33.3 Å². The number of methoxy groups -OCH3 is 2. The van der Waals surface area contributed by atoms with Crippen LogP contribution in [0.25, 0.3) is 11.4 Å². The average Bonchev–Trinajstić information content (AvgIpc) is 3.35. The maximum absolute atomic E-state index is 13.4. The first-order valence-corrected chi connectivity index (χ1v) is 11.8. The van der Waals surface area contributed by atoms with Gasteiger partial charge in [0.25, 0.3) is 0 Å². The molecule has 0 aliphatic rings. The maximum atomic E-state index is 13.4. The lowest BCUT2D eigenvalue weighted by molar-refractivity contribution is -0.158. The summed E-state index contributed by atoms with van der Waals surface area (Å²) in [6, 6.07) is 10.9. The van der Waals surface area contributed by atoms with Crippen LogP contribution in [0.2, 0.25) is 0 Å². The van der Waals surface area contributed by atoms with Crippen molar-refractivity contribution >= 4 is 17.7 Å². The Hall–Kier alpha value is -4.32. The minimum Gasteiger partial charge on any atom is -0.496 e. The van der Waals surface area contributed by atoms with Gasteiger partial charge >= 0.3 is 11.9 Å². The Bertz CT molecular complexity index is 1250. The molecule has 0 fully saturated rings. The number of benzene rings is 2. The zero-order chi connectivity index (χ0) is 27.9. The van der Waals surface area contributed by atoms with E-state index >= 15 is 0 Å². The van der Waals surface area contributed by atoms with E-state index in [2.05, 4.69) is 15.4 Å². The Morgan fingerprint density at radius 2 is 1.61 bits per heavy atom. The SMILES string of the molecule is COc1cccc(OC)c1-c1nnn(C(C(=O)OCc2ccccc2)C(=O)C(N)CC(=O)OC(C)(C)C)n1. The number of carbonyl (C=O) groups is 3. The third-order valence-electron chi connectivity index (χ3n) is 5.20. The van der Waals surface area contributed by atoms with Gasteiger partial charge < -0.3 is 24.7 Å². The largest absolute Gasteiger partial charge is 0.496 e. The minimum atomic E-state index is -1.71. The van der Waals surface area contributed by atoms with Crippen molar-refractivity contribution in [1.29, 1.82) is 0 Å². The molecule has 3 aromatic rings. The van der Waals surface area contributed by atoms with Crippen molar-refractivity contribution in [2.75, 3.05) is 14.2 Å². The molecule has 38 heavy (non-hydrogen) atoms. The predicted molar refractivity (Wildman–Crippen MR) is 135 cm³/mol. The van der Waals surface area contributed by atoms with Gasteiger partial charge in [0.15, 0.2) is 5.78 Å². The number of tetrazole rings is 1. The van der Waals surface area contributed by atoms with Gasteiger partial charge in [-0.2, -0.15) is 0 Å². The number of carbonyl (C=O) groups excluding carboxylic acids is 3. The van der Waals surface area contributed by atoms with E-state index in [1.54, 1.807) is 63.2 Å². The van der Waals surface area contributed by atoms with E-state index in [0.717, 1.165) is 4.80 Å². The van der Waals surface area contributed by atoms with E-state index < -0.39 is 41.8 Å². The number of nitrogens with two attached hydrogens (primary N) is 1. The normalized spacial score (nSPS) is 12.8. The van der Waals surface area contributed by atoms with Crippen LogP contribution in [0.1, 0.15) is 38.8 Å². The lowest BCUT2D eigenvalue weighted by atomic mass is 10.0. The summed E-state index contributed by atoms with van der Waals surface area (Å²) in [7, 11) is 2.93. The van der Waals surface area contributed by atoms with Gasteiger partial charge in [-0.3, -0.25) is 9.59 Å². The number of hydrogen-bond donors (Lipinski definition) is 1. The Morgan fingerprint density at radius 1 is 0.974 bits per heavy atom. The summed E-state index contributed by atoms with van der Waals surface area (Å²) in [5.74, 6) is -1.69. The number of hydrogen-bond acceptors (Lipinski definition) is 11. The molecule has 0 aliphatic heterocycles. The summed E-state index contributed by atoms with van der Waals surface area (Å²) >= 11 is 0. The smallest absolute Gasteiger partial charge is 0.341 e. The fourth-order valence-corrected chi connectivity index (χ4v) is 3.50. The molecule has 1 aromatic heterocycles. The molecular formula is C26H31N5O7. The van der Waals surface area contributed by atoms with Crippen LogP contribution in [0, 0.1) is 0 Å². The summed E-state index contributed by atoms with van der Waals surface area (Å²) in [6.07, 6.45) is -0.458. The van der Waals surface area contributed by atoms with Crippen LogP contribution in [0.5, 0.6) is 11.5 Å². The lowest BCUT2D eigenvalue weighted by Gasteiger charge is -2.22. The lowest BCUT2D eigenvalue weighted by Crippen LogP contribution is -2.43. The highest BCUT2D eigenvalue weighted by Crippen LogP contribution is 2.36.